The monoisotopic (exact) mass is 458 g/mol. The van der Waals surface area contributed by atoms with Crippen LogP contribution in [0.5, 0.6) is 0 Å². The Balaban J connectivity index is 1.33. The lowest BCUT2D eigenvalue weighted by atomic mass is 9.85. The molecule has 2 aromatic heterocycles. The second-order valence-electron chi connectivity index (χ2n) is 8.17. The van der Waals surface area contributed by atoms with E-state index in [9.17, 15) is 14.4 Å². The standard InChI is InChI=1S/C25H26N6O3/c1-2-23(32)27-19-6-3-5-16(15-19)24(33)28-17-9-11-18(12-10-17)29-25(34)22-8-4-7-20(30-22)21-13-14-26-31-21/h2,4,7-14,16,19H,1,3,5-6,15H2,(H,26,31)(H,27,32)(H,28,33)(H,29,34)/t16-,19+/m0/s1. The van der Waals surface area contributed by atoms with Gasteiger partial charge in [-0.05, 0) is 67.8 Å². The molecule has 0 radical (unpaired) electrons. The van der Waals surface area contributed by atoms with Crippen molar-refractivity contribution in [1.82, 2.24) is 20.5 Å². The fraction of sp³-hybridized carbons (Fsp3) is 0.240. The summed E-state index contributed by atoms with van der Waals surface area (Å²) in [5, 5.41) is 15.4. The van der Waals surface area contributed by atoms with Gasteiger partial charge in [0.2, 0.25) is 11.8 Å². The van der Waals surface area contributed by atoms with E-state index < -0.39 is 0 Å². The third-order valence-corrected chi connectivity index (χ3v) is 5.75. The van der Waals surface area contributed by atoms with Gasteiger partial charge in [0.25, 0.3) is 5.91 Å². The lowest BCUT2D eigenvalue weighted by Gasteiger charge is -2.28. The van der Waals surface area contributed by atoms with Crippen molar-refractivity contribution >= 4 is 29.1 Å². The zero-order chi connectivity index (χ0) is 23.9. The van der Waals surface area contributed by atoms with E-state index in [-0.39, 0.29) is 35.4 Å². The maximum atomic E-state index is 12.7. The average Bonchev–Trinajstić information content (AvgIpc) is 3.40. The van der Waals surface area contributed by atoms with Crippen LogP contribution in [0.2, 0.25) is 0 Å². The number of aromatic nitrogens is 3. The molecule has 3 aromatic rings. The van der Waals surface area contributed by atoms with E-state index >= 15 is 0 Å². The summed E-state index contributed by atoms with van der Waals surface area (Å²) in [6.07, 6.45) is 5.99. The maximum absolute atomic E-state index is 12.7. The van der Waals surface area contributed by atoms with Gasteiger partial charge in [-0.2, -0.15) is 5.10 Å². The Hall–Kier alpha value is -4.27. The van der Waals surface area contributed by atoms with E-state index in [1.807, 2.05) is 0 Å². The molecule has 3 amide bonds. The van der Waals surface area contributed by atoms with Gasteiger partial charge in [-0.3, -0.25) is 19.5 Å². The summed E-state index contributed by atoms with van der Waals surface area (Å²) in [7, 11) is 0. The minimum atomic E-state index is -0.340. The number of hydrogen-bond acceptors (Lipinski definition) is 5. The first kappa shape index (κ1) is 22.9. The van der Waals surface area contributed by atoms with Crippen LogP contribution in [0.4, 0.5) is 11.4 Å². The van der Waals surface area contributed by atoms with Crippen molar-refractivity contribution in [2.75, 3.05) is 10.6 Å². The third kappa shape index (κ3) is 5.74. The molecule has 1 aliphatic carbocycles. The Labute approximate surface area is 197 Å². The smallest absolute Gasteiger partial charge is 0.274 e. The van der Waals surface area contributed by atoms with Crippen LogP contribution in [0.25, 0.3) is 11.4 Å². The molecule has 0 saturated heterocycles. The number of rotatable bonds is 7. The summed E-state index contributed by atoms with van der Waals surface area (Å²) in [4.78, 5) is 41.3. The number of hydrogen-bond donors (Lipinski definition) is 4. The number of pyridine rings is 1. The molecule has 1 aromatic carbocycles. The SMILES string of the molecule is C=CC(=O)N[C@@H]1CCC[C@H](C(=O)Nc2ccc(NC(=O)c3cccc(-c4ccn[nH]4)n3)cc2)C1. The van der Waals surface area contributed by atoms with Crippen molar-refractivity contribution in [2.45, 2.75) is 31.7 Å². The predicted molar refractivity (Wildman–Crippen MR) is 129 cm³/mol. The van der Waals surface area contributed by atoms with Gasteiger partial charge in [-0.15, -0.1) is 0 Å². The molecule has 34 heavy (non-hydrogen) atoms. The Kier molecular flexibility index (Phi) is 7.12. The molecule has 2 atom stereocenters. The van der Waals surface area contributed by atoms with Crippen LogP contribution in [0, 0.1) is 5.92 Å². The van der Waals surface area contributed by atoms with Gasteiger partial charge in [0, 0.05) is 29.5 Å². The minimum Gasteiger partial charge on any atom is -0.350 e. The molecular formula is C25H26N6O3. The summed E-state index contributed by atoms with van der Waals surface area (Å²) in [5.74, 6) is -0.800. The van der Waals surface area contributed by atoms with Gasteiger partial charge in [0.1, 0.15) is 5.69 Å². The maximum Gasteiger partial charge on any atom is 0.274 e. The molecule has 2 heterocycles. The highest BCUT2D eigenvalue weighted by molar-refractivity contribution is 6.03. The van der Waals surface area contributed by atoms with Gasteiger partial charge in [0.05, 0.1) is 11.4 Å². The van der Waals surface area contributed by atoms with E-state index in [1.54, 1.807) is 54.7 Å². The Morgan fingerprint density at radius 3 is 2.47 bits per heavy atom. The van der Waals surface area contributed by atoms with Gasteiger partial charge >= 0.3 is 0 Å². The summed E-state index contributed by atoms with van der Waals surface area (Å²) in [5.41, 5.74) is 2.85. The lowest BCUT2D eigenvalue weighted by Crippen LogP contribution is -2.40. The molecule has 9 nitrogen and oxygen atoms in total. The summed E-state index contributed by atoms with van der Waals surface area (Å²) >= 11 is 0. The summed E-state index contributed by atoms with van der Waals surface area (Å²) in [6, 6.07) is 13.9. The molecule has 1 aliphatic rings. The summed E-state index contributed by atoms with van der Waals surface area (Å²) < 4.78 is 0. The van der Waals surface area contributed by atoms with Crippen LogP contribution in [-0.4, -0.2) is 38.9 Å². The van der Waals surface area contributed by atoms with Crippen molar-refractivity contribution in [1.29, 1.82) is 0 Å². The van der Waals surface area contributed by atoms with Crippen LogP contribution < -0.4 is 16.0 Å². The summed E-state index contributed by atoms with van der Waals surface area (Å²) in [6.45, 7) is 3.47. The Morgan fingerprint density at radius 2 is 1.76 bits per heavy atom. The van der Waals surface area contributed by atoms with E-state index in [0.29, 0.717) is 23.5 Å². The van der Waals surface area contributed by atoms with Crippen LogP contribution >= 0.6 is 0 Å². The van der Waals surface area contributed by atoms with Crippen molar-refractivity contribution in [3.8, 4) is 11.4 Å². The largest absolute Gasteiger partial charge is 0.350 e. The van der Waals surface area contributed by atoms with E-state index in [2.05, 4.69) is 37.7 Å². The number of aromatic amines is 1. The second kappa shape index (κ2) is 10.6. The number of carbonyl (C=O) groups excluding carboxylic acids is 3. The molecule has 1 fully saturated rings. The first-order chi connectivity index (χ1) is 16.5. The zero-order valence-electron chi connectivity index (χ0n) is 18.6. The van der Waals surface area contributed by atoms with Crippen LogP contribution in [-0.2, 0) is 9.59 Å². The minimum absolute atomic E-state index is 0.0204. The Morgan fingerprint density at radius 1 is 1.00 bits per heavy atom. The van der Waals surface area contributed by atoms with Gasteiger partial charge in [-0.1, -0.05) is 19.1 Å². The lowest BCUT2D eigenvalue weighted by molar-refractivity contribution is -0.122. The zero-order valence-corrected chi connectivity index (χ0v) is 18.6. The molecule has 0 unspecified atom stereocenters. The average molecular weight is 459 g/mol. The fourth-order valence-electron chi connectivity index (χ4n) is 4.01. The van der Waals surface area contributed by atoms with Crippen LogP contribution in [0.1, 0.15) is 36.2 Å². The second-order valence-corrected chi connectivity index (χ2v) is 8.17. The molecule has 0 aliphatic heterocycles. The number of nitrogens with zero attached hydrogens (tertiary/aromatic N) is 2. The highest BCUT2D eigenvalue weighted by Gasteiger charge is 2.27. The van der Waals surface area contributed by atoms with E-state index in [4.69, 9.17) is 0 Å². The van der Waals surface area contributed by atoms with Crippen LogP contribution in [0.15, 0.2) is 67.4 Å². The van der Waals surface area contributed by atoms with Gasteiger partial charge in [-0.25, -0.2) is 4.98 Å². The molecular weight excluding hydrogens is 432 g/mol. The topological polar surface area (TPSA) is 129 Å². The van der Waals surface area contributed by atoms with E-state index in [0.717, 1.165) is 25.0 Å². The number of carbonyl (C=O) groups is 3. The van der Waals surface area contributed by atoms with E-state index in [1.165, 1.54) is 6.08 Å². The van der Waals surface area contributed by atoms with Gasteiger partial charge in [0.15, 0.2) is 0 Å². The van der Waals surface area contributed by atoms with Crippen molar-refractivity contribution in [3.05, 3.63) is 73.1 Å². The fourth-order valence-corrected chi connectivity index (χ4v) is 4.01. The van der Waals surface area contributed by atoms with Crippen molar-refractivity contribution < 1.29 is 14.4 Å². The number of nitrogens with one attached hydrogen (secondary N) is 4. The number of anilines is 2. The highest BCUT2D eigenvalue weighted by Crippen LogP contribution is 2.26. The van der Waals surface area contributed by atoms with Gasteiger partial charge < -0.3 is 16.0 Å². The highest BCUT2D eigenvalue weighted by atomic mass is 16.2. The molecule has 9 heteroatoms. The molecule has 174 valence electrons. The molecule has 4 N–H and O–H groups in total. The first-order valence-electron chi connectivity index (χ1n) is 11.1. The van der Waals surface area contributed by atoms with Crippen LogP contribution in [0.3, 0.4) is 0 Å². The van der Waals surface area contributed by atoms with Crippen molar-refractivity contribution in [3.63, 3.8) is 0 Å². The molecule has 4 rings (SSSR count). The molecule has 0 bridgehead atoms. The number of benzene rings is 1. The quantitative estimate of drug-likeness (QED) is 0.403. The molecule has 0 spiro atoms. The van der Waals surface area contributed by atoms with Crippen molar-refractivity contribution in [2.24, 2.45) is 5.92 Å². The normalized spacial score (nSPS) is 17.4. The first-order valence-corrected chi connectivity index (χ1v) is 11.1. The molecule has 1 saturated carbocycles. The predicted octanol–water partition coefficient (Wildman–Crippen LogP) is 3.52. The third-order valence-electron chi connectivity index (χ3n) is 5.75. The Bertz CT molecular complexity index is 1170. The number of amides is 3. The number of H-pyrrole nitrogens is 1.